The molecule has 0 radical (unpaired) electrons. The summed E-state index contributed by atoms with van der Waals surface area (Å²) in [4.78, 5) is 13.9. The lowest BCUT2D eigenvalue weighted by atomic mass is 10.0. The molecule has 2 rings (SSSR count). The second-order valence-electron chi connectivity index (χ2n) is 5.08. The van der Waals surface area contributed by atoms with Gasteiger partial charge in [-0.05, 0) is 38.9 Å². The first-order valence-corrected chi connectivity index (χ1v) is 6.28. The summed E-state index contributed by atoms with van der Waals surface area (Å²) < 4.78 is 13.8. The molecule has 1 aromatic rings. The van der Waals surface area contributed by atoms with Crippen LogP contribution in [0.4, 0.5) is 4.39 Å². The van der Waals surface area contributed by atoms with Crippen LogP contribution in [0.3, 0.4) is 0 Å². The molecular formula is C14H19FN2O. The first kappa shape index (κ1) is 13.0. The molecular weight excluding hydrogens is 231 g/mol. The summed E-state index contributed by atoms with van der Waals surface area (Å²) in [5, 5.41) is 2.90. The van der Waals surface area contributed by atoms with E-state index in [0.717, 1.165) is 0 Å². The van der Waals surface area contributed by atoms with Crippen molar-refractivity contribution in [2.24, 2.45) is 5.92 Å². The molecule has 0 unspecified atom stereocenters. The zero-order valence-corrected chi connectivity index (χ0v) is 10.8. The maximum absolute atomic E-state index is 13.8. The van der Waals surface area contributed by atoms with Crippen LogP contribution in [0.15, 0.2) is 24.3 Å². The van der Waals surface area contributed by atoms with Gasteiger partial charge in [-0.2, -0.15) is 0 Å². The average molecular weight is 250 g/mol. The van der Waals surface area contributed by atoms with Gasteiger partial charge in [0.15, 0.2) is 0 Å². The van der Waals surface area contributed by atoms with Crippen LogP contribution in [-0.4, -0.2) is 31.4 Å². The zero-order chi connectivity index (χ0) is 13.1. The van der Waals surface area contributed by atoms with Gasteiger partial charge in [0.05, 0.1) is 0 Å². The Hall–Kier alpha value is -1.42. The molecule has 0 bridgehead atoms. The molecule has 0 saturated heterocycles. The summed E-state index contributed by atoms with van der Waals surface area (Å²) in [6, 6.07) is 5.87. The van der Waals surface area contributed by atoms with Gasteiger partial charge in [-0.1, -0.05) is 18.2 Å². The van der Waals surface area contributed by atoms with Crippen LogP contribution >= 0.6 is 0 Å². The molecule has 0 aromatic heterocycles. The third-order valence-electron chi connectivity index (χ3n) is 3.23. The van der Waals surface area contributed by atoms with Crippen LogP contribution in [0.5, 0.6) is 0 Å². The minimum Gasteiger partial charge on any atom is -0.354 e. The lowest BCUT2D eigenvalue weighted by Gasteiger charge is -2.24. The molecule has 4 heteroatoms. The van der Waals surface area contributed by atoms with Crippen LogP contribution in [0.25, 0.3) is 0 Å². The second kappa shape index (κ2) is 5.48. The van der Waals surface area contributed by atoms with Crippen LogP contribution in [0.2, 0.25) is 0 Å². The number of likely N-dealkylation sites (N-methyl/N-ethyl adjacent to an activating group) is 1. The van der Waals surface area contributed by atoms with E-state index >= 15 is 0 Å². The van der Waals surface area contributed by atoms with Gasteiger partial charge in [0, 0.05) is 12.1 Å². The maximum atomic E-state index is 13.8. The van der Waals surface area contributed by atoms with Gasteiger partial charge in [-0.25, -0.2) is 4.39 Å². The topological polar surface area (TPSA) is 32.3 Å². The van der Waals surface area contributed by atoms with Crippen molar-refractivity contribution >= 4 is 5.91 Å². The van der Waals surface area contributed by atoms with Gasteiger partial charge in [0.1, 0.15) is 11.9 Å². The summed E-state index contributed by atoms with van der Waals surface area (Å²) in [7, 11) is 3.57. The van der Waals surface area contributed by atoms with Crippen molar-refractivity contribution in [2.45, 2.75) is 18.9 Å². The summed E-state index contributed by atoms with van der Waals surface area (Å²) in [5.41, 5.74) is 0.427. The number of carbonyl (C=O) groups is 1. The number of amides is 1. The number of halogens is 1. The van der Waals surface area contributed by atoms with Gasteiger partial charge in [-0.3, -0.25) is 9.69 Å². The fourth-order valence-corrected chi connectivity index (χ4v) is 2.01. The number of nitrogens with one attached hydrogen (secondary N) is 1. The normalized spacial score (nSPS) is 16.7. The van der Waals surface area contributed by atoms with Crippen molar-refractivity contribution in [3.8, 4) is 0 Å². The van der Waals surface area contributed by atoms with Crippen LogP contribution in [0.1, 0.15) is 24.4 Å². The monoisotopic (exact) mass is 250 g/mol. The van der Waals surface area contributed by atoms with Crippen molar-refractivity contribution in [3.63, 3.8) is 0 Å². The second-order valence-corrected chi connectivity index (χ2v) is 5.08. The van der Waals surface area contributed by atoms with Gasteiger partial charge in [-0.15, -0.1) is 0 Å². The smallest absolute Gasteiger partial charge is 0.242 e. The average Bonchev–Trinajstić information content (AvgIpc) is 3.13. The molecule has 3 nitrogen and oxygen atoms in total. The molecule has 1 atom stereocenters. The molecule has 0 aliphatic heterocycles. The Kier molecular flexibility index (Phi) is 3.97. The highest BCUT2D eigenvalue weighted by atomic mass is 19.1. The molecule has 1 aliphatic carbocycles. The number of hydrogen-bond acceptors (Lipinski definition) is 2. The predicted molar refractivity (Wildman–Crippen MR) is 68.6 cm³/mol. The van der Waals surface area contributed by atoms with Crippen LogP contribution in [-0.2, 0) is 4.79 Å². The van der Waals surface area contributed by atoms with E-state index in [1.165, 1.54) is 18.9 Å². The van der Waals surface area contributed by atoms with E-state index < -0.39 is 6.04 Å². The van der Waals surface area contributed by atoms with Crippen LogP contribution in [0, 0.1) is 11.7 Å². The third kappa shape index (κ3) is 3.07. The molecule has 1 amide bonds. The molecule has 1 fully saturated rings. The highest BCUT2D eigenvalue weighted by Crippen LogP contribution is 2.28. The molecule has 0 spiro atoms. The van der Waals surface area contributed by atoms with Gasteiger partial charge in [0.25, 0.3) is 0 Å². The highest BCUT2D eigenvalue weighted by Gasteiger charge is 2.28. The largest absolute Gasteiger partial charge is 0.354 e. The number of rotatable bonds is 5. The van der Waals surface area contributed by atoms with Gasteiger partial charge < -0.3 is 5.32 Å². The molecule has 1 saturated carbocycles. The first-order valence-electron chi connectivity index (χ1n) is 6.28. The van der Waals surface area contributed by atoms with Crippen molar-refractivity contribution in [1.29, 1.82) is 0 Å². The lowest BCUT2D eigenvalue weighted by Crippen LogP contribution is -2.38. The summed E-state index contributed by atoms with van der Waals surface area (Å²) in [5.74, 6) is 0.159. The van der Waals surface area contributed by atoms with Crippen molar-refractivity contribution in [1.82, 2.24) is 10.2 Å². The van der Waals surface area contributed by atoms with Crippen molar-refractivity contribution < 1.29 is 9.18 Å². The van der Waals surface area contributed by atoms with Crippen molar-refractivity contribution in [3.05, 3.63) is 35.6 Å². The fraction of sp³-hybridized carbons (Fsp3) is 0.500. The molecule has 1 aliphatic rings. The van der Waals surface area contributed by atoms with E-state index in [0.29, 0.717) is 18.0 Å². The van der Waals surface area contributed by atoms with E-state index in [1.807, 2.05) is 0 Å². The van der Waals surface area contributed by atoms with E-state index in [-0.39, 0.29) is 11.7 Å². The first-order chi connectivity index (χ1) is 8.59. The lowest BCUT2D eigenvalue weighted by molar-refractivity contribution is -0.125. The minimum absolute atomic E-state index is 0.128. The number of nitrogens with zero attached hydrogens (tertiary/aromatic N) is 1. The number of benzene rings is 1. The quantitative estimate of drug-likeness (QED) is 0.866. The third-order valence-corrected chi connectivity index (χ3v) is 3.23. The number of hydrogen-bond donors (Lipinski definition) is 1. The minimum atomic E-state index is -0.565. The van der Waals surface area contributed by atoms with Gasteiger partial charge in [0.2, 0.25) is 5.91 Å². The Morgan fingerprint density at radius 2 is 2.11 bits per heavy atom. The molecule has 1 N–H and O–H groups in total. The van der Waals surface area contributed by atoms with E-state index in [2.05, 4.69) is 5.32 Å². The summed E-state index contributed by atoms with van der Waals surface area (Å²) in [6.45, 7) is 0.706. The Balaban J connectivity index is 2.11. The van der Waals surface area contributed by atoms with Crippen molar-refractivity contribution in [2.75, 3.05) is 20.6 Å². The summed E-state index contributed by atoms with van der Waals surface area (Å²) in [6.07, 6.45) is 2.37. The Labute approximate surface area is 107 Å². The van der Waals surface area contributed by atoms with E-state index in [9.17, 15) is 9.18 Å². The Morgan fingerprint density at radius 1 is 1.44 bits per heavy atom. The standard InChI is InChI=1S/C14H19FN2O/c1-17(2)13(11-5-3-4-6-12(11)15)14(18)16-9-10-7-8-10/h3-6,10,13H,7-9H2,1-2H3,(H,16,18)/t13-/m1/s1. The molecule has 1 aromatic carbocycles. The zero-order valence-electron chi connectivity index (χ0n) is 10.8. The van der Waals surface area contributed by atoms with Crippen LogP contribution < -0.4 is 5.32 Å². The van der Waals surface area contributed by atoms with E-state index in [4.69, 9.17) is 0 Å². The maximum Gasteiger partial charge on any atom is 0.242 e. The molecule has 98 valence electrons. The van der Waals surface area contributed by atoms with Gasteiger partial charge >= 0.3 is 0 Å². The van der Waals surface area contributed by atoms with E-state index in [1.54, 1.807) is 37.2 Å². The molecule has 18 heavy (non-hydrogen) atoms. The fourth-order valence-electron chi connectivity index (χ4n) is 2.01. The summed E-state index contributed by atoms with van der Waals surface area (Å²) >= 11 is 0. The number of carbonyl (C=O) groups excluding carboxylic acids is 1. The Morgan fingerprint density at radius 3 is 2.67 bits per heavy atom. The predicted octanol–water partition coefficient (Wildman–Crippen LogP) is 1.95. The SMILES string of the molecule is CN(C)[C@@H](C(=O)NCC1CC1)c1ccccc1F. The highest BCUT2D eigenvalue weighted by molar-refractivity contribution is 5.83. The molecule has 0 heterocycles. The Bertz CT molecular complexity index is 430.